The normalized spacial score (nSPS) is 12.1. The number of aromatic nitrogens is 7. The van der Waals surface area contributed by atoms with E-state index in [-0.39, 0.29) is 5.56 Å². The minimum Gasteiger partial charge on any atom is -0.358 e. The number of thiazole rings is 1. The molecular formula is C20H15N9OS. The maximum absolute atomic E-state index is 13.5. The van der Waals surface area contributed by atoms with Gasteiger partial charge in [-0.05, 0) is 18.6 Å². The Morgan fingerprint density at radius 3 is 2.94 bits per heavy atom. The first-order valence-corrected chi connectivity index (χ1v) is 10.4. The Morgan fingerprint density at radius 1 is 1.26 bits per heavy atom. The van der Waals surface area contributed by atoms with Crippen molar-refractivity contribution in [1.29, 1.82) is 5.26 Å². The molecule has 5 aromatic rings. The first-order valence-electron chi connectivity index (χ1n) is 9.47. The number of nitriles is 1. The summed E-state index contributed by atoms with van der Waals surface area (Å²) in [7, 11) is 0. The fourth-order valence-corrected chi connectivity index (χ4v) is 4.10. The lowest BCUT2D eigenvalue weighted by atomic mass is 10.1. The molecule has 0 radical (unpaired) electrons. The summed E-state index contributed by atoms with van der Waals surface area (Å²) in [4.78, 5) is 31.9. The summed E-state index contributed by atoms with van der Waals surface area (Å²) in [5.41, 5.74) is 2.77. The largest absolute Gasteiger partial charge is 0.358 e. The monoisotopic (exact) mass is 429 g/mol. The number of hydrogen-bond acceptors (Lipinski definition) is 9. The van der Waals surface area contributed by atoms with Crippen LogP contribution < -0.4 is 10.9 Å². The van der Waals surface area contributed by atoms with Crippen molar-refractivity contribution < 1.29 is 0 Å². The number of hydrogen-bond donors (Lipinski definition) is 2. The number of aromatic amines is 1. The maximum Gasteiger partial charge on any atom is 0.267 e. The van der Waals surface area contributed by atoms with E-state index in [0.29, 0.717) is 45.9 Å². The van der Waals surface area contributed by atoms with E-state index >= 15 is 0 Å². The smallest absolute Gasteiger partial charge is 0.267 e. The van der Waals surface area contributed by atoms with Gasteiger partial charge < -0.3 is 5.32 Å². The number of fused-ring (bicyclic) bond motifs is 2. The first kappa shape index (κ1) is 18.8. The van der Waals surface area contributed by atoms with E-state index in [1.165, 1.54) is 22.2 Å². The molecule has 31 heavy (non-hydrogen) atoms. The summed E-state index contributed by atoms with van der Waals surface area (Å²) in [6, 6.07) is 8.42. The summed E-state index contributed by atoms with van der Waals surface area (Å²) in [6.07, 6.45) is 3.63. The van der Waals surface area contributed by atoms with Crippen LogP contribution in [0, 0.1) is 11.3 Å². The fourth-order valence-electron chi connectivity index (χ4n) is 3.47. The Kier molecular flexibility index (Phi) is 4.61. The minimum atomic E-state index is -0.396. The molecule has 0 aliphatic carbocycles. The molecule has 0 amide bonds. The molecule has 152 valence electrons. The molecule has 0 bridgehead atoms. The van der Waals surface area contributed by atoms with Crippen molar-refractivity contribution in [3.63, 3.8) is 0 Å². The molecule has 10 nitrogen and oxygen atoms in total. The number of nitrogens with zero attached hydrogens (tertiary/aromatic N) is 7. The van der Waals surface area contributed by atoms with E-state index in [0.717, 1.165) is 4.83 Å². The second-order valence-electron chi connectivity index (χ2n) is 6.70. The summed E-state index contributed by atoms with van der Waals surface area (Å²) in [5.74, 6) is 1.48. The number of benzene rings is 1. The van der Waals surface area contributed by atoms with Crippen molar-refractivity contribution in [2.45, 2.75) is 19.4 Å². The highest BCUT2D eigenvalue weighted by molar-refractivity contribution is 7.16. The standard InChI is InChI=1S/C20H15N9OS/c1-2-13(26-17-16-19(23-9-22-17)31-10-24-16)18-27-15-11(8-21)4-3-5-12(15)20(30)29(18)14-6-7-25-28-14/h3-7,9-10,13H,2H2,1H3,(H,25,28)(H,22,23,26)/t13-/m0/s1. The quantitative estimate of drug-likeness (QED) is 0.435. The van der Waals surface area contributed by atoms with Crippen molar-refractivity contribution >= 4 is 38.4 Å². The van der Waals surface area contributed by atoms with Gasteiger partial charge in [-0.2, -0.15) is 10.4 Å². The topological polar surface area (TPSA) is 138 Å². The van der Waals surface area contributed by atoms with Gasteiger partial charge in [0.1, 0.15) is 34.4 Å². The number of nitrogens with one attached hydrogen (secondary N) is 2. The van der Waals surface area contributed by atoms with Crippen LogP contribution in [0.3, 0.4) is 0 Å². The van der Waals surface area contributed by atoms with Gasteiger partial charge in [0.15, 0.2) is 5.82 Å². The number of H-pyrrole nitrogens is 1. The summed E-state index contributed by atoms with van der Waals surface area (Å²) < 4.78 is 1.48. The molecule has 0 saturated carbocycles. The van der Waals surface area contributed by atoms with Gasteiger partial charge in [0.25, 0.3) is 5.56 Å². The lowest BCUT2D eigenvalue weighted by Crippen LogP contribution is -2.28. The zero-order valence-electron chi connectivity index (χ0n) is 16.3. The predicted molar refractivity (Wildman–Crippen MR) is 116 cm³/mol. The number of anilines is 1. The molecule has 0 saturated heterocycles. The number of para-hydroxylation sites is 1. The molecule has 0 aliphatic heterocycles. The van der Waals surface area contributed by atoms with Gasteiger partial charge in [-0.15, -0.1) is 11.3 Å². The molecule has 5 rings (SSSR count). The highest BCUT2D eigenvalue weighted by atomic mass is 32.1. The van der Waals surface area contributed by atoms with E-state index < -0.39 is 6.04 Å². The van der Waals surface area contributed by atoms with Gasteiger partial charge in [0.05, 0.1) is 34.2 Å². The third-order valence-electron chi connectivity index (χ3n) is 4.94. The van der Waals surface area contributed by atoms with Crippen LogP contribution >= 0.6 is 11.3 Å². The van der Waals surface area contributed by atoms with Gasteiger partial charge in [-0.3, -0.25) is 9.89 Å². The molecule has 4 aromatic heterocycles. The number of rotatable bonds is 5. The van der Waals surface area contributed by atoms with Crippen molar-refractivity contribution in [2.24, 2.45) is 0 Å². The Morgan fingerprint density at radius 2 is 2.16 bits per heavy atom. The Balaban J connectivity index is 1.75. The molecule has 1 atom stereocenters. The van der Waals surface area contributed by atoms with Crippen molar-refractivity contribution in [1.82, 2.24) is 34.7 Å². The van der Waals surface area contributed by atoms with E-state index in [1.807, 2.05) is 6.92 Å². The molecule has 0 aliphatic rings. The van der Waals surface area contributed by atoms with Crippen LogP contribution in [0.5, 0.6) is 0 Å². The van der Waals surface area contributed by atoms with E-state index in [2.05, 4.69) is 36.5 Å². The average Bonchev–Trinajstić information content (AvgIpc) is 3.49. The Labute approximate surface area is 179 Å². The van der Waals surface area contributed by atoms with Gasteiger partial charge in [-0.25, -0.2) is 24.5 Å². The molecule has 4 heterocycles. The van der Waals surface area contributed by atoms with Crippen LogP contribution in [0.2, 0.25) is 0 Å². The zero-order valence-corrected chi connectivity index (χ0v) is 17.1. The fraction of sp³-hybridized carbons (Fsp3) is 0.150. The highest BCUT2D eigenvalue weighted by Gasteiger charge is 2.23. The lowest BCUT2D eigenvalue weighted by Gasteiger charge is -2.21. The Hall–Kier alpha value is -4.17. The summed E-state index contributed by atoms with van der Waals surface area (Å²) in [6.45, 7) is 1.97. The van der Waals surface area contributed by atoms with Gasteiger partial charge in [0.2, 0.25) is 0 Å². The van der Waals surface area contributed by atoms with Crippen LogP contribution in [0.1, 0.15) is 30.8 Å². The predicted octanol–water partition coefficient (Wildman–Crippen LogP) is 2.94. The molecular weight excluding hydrogens is 414 g/mol. The van der Waals surface area contributed by atoms with Crippen LogP contribution in [-0.2, 0) is 0 Å². The molecule has 0 fully saturated rings. The van der Waals surface area contributed by atoms with Crippen LogP contribution in [-0.4, -0.2) is 34.7 Å². The second kappa shape index (κ2) is 7.58. The van der Waals surface area contributed by atoms with Gasteiger partial charge in [0, 0.05) is 6.07 Å². The molecule has 0 spiro atoms. The van der Waals surface area contributed by atoms with Crippen LogP contribution in [0.15, 0.2) is 47.1 Å². The molecule has 11 heteroatoms. The molecule has 0 unspecified atom stereocenters. The molecule has 1 aromatic carbocycles. The third kappa shape index (κ3) is 3.10. The highest BCUT2D eigenvalue weighted by Crippen LogP contribution is 2.27. The van der Waals surface area contributed by atoms with Crippen LogP contribution in [0.25, 0.3) is 27.1 Å². The van der Waals surface area contributed by atoms with Gasteiger partial charge >= 0.3 is 0 Å². The Bertz CT molecular complexity index is 1500. The summed E-state index contributed by atoms with van der Waals surface area (Å²) >= 11 is 1.42. The second-order valence-corrected chi connectivity index (χ2v) is 7.53. The zero-order chi connectivity index (χ0) is 21.4. The van der Waals surface area contributed by atoms with Crippen molar-refractivity contribution in [3.05, 3.63) is 64.0 Å². The van der Waals surface area contributed by atoms with E-state index in [4.69, 9.17) is 4.98 Å². The lowest BCUT2D eigenvalue weighted by molar-refractivity contribution is 0.653. The van der Waals surface area contributed by atoms with E-state index in [9.17, 15) is 10.1 Å². The van der Waals surface area contributed by atoms with Crippen molar-refractivity contribution in [3.8, 4) is 11.9 Å². The first-order chi connectivity index (χ1) is 15.2. The van der Waals surface area contributed by atoms with Crippen molar-refractivity contribution in [2.75, 3.05) is 5.32 Å². The van der Waals surface area contributed by atoms with Gasteiger partial charge in [-0.1, -0.05) is 13.0 Å². The average molecular weight is 429 g/mol. The maximum atomic E-state index is 13.5. The molecule has 2 N–H and O–H groups in total. The van der Waals surface area contributed by atoms with E-state index in [1.54, 1.807) is 36.0 Å². The summed E-state index contributed by atoms with van der Waals surface area (Å²) in [5, 5.41) is 20.1. The third-order valence-corrected chi connectivity index (χ3v) is 5.67. The SMILES string of the molecule is CC[C@H](Nc1ncnc2scnc12)c1nc2c(C#N)cccc2c(=O)n1-c1ccn[nH]1. The minimum absolute atomic E-state index is 0.289. The van der Waals surface area contributed by atoms with Crippen LogP contribution in [0.4, 0.5) is 5.82 Å².